The third-order valence-corrected chi connectivity index (χ3v) is 6.16. The molecular formula is C24H34F3N5O3. The Morgan fingerprint density at radius 3 is 2.57 bits per heavy atom. The van der Waals surface area contributed by atoms with Crippen LogP contribution >= 0.6 is 0 Å². The zero-order valence-electron chi connectivity index (χ0n) is 20.4. The molecule has 0 bridgehead atoms. The molecule has 11 heteroatoms. The first-order chi connectivity index (χ1) is 16.5. The summed E-state index contributed by atoms with van der Waals surface area (Å²) in [6.07, 6.45) is -3.58. The number of rotatable bonds is 10. The van der Waals surface area contributed by atoms with Crippen LogP contribution < -0.4 is 5.32 Å². The molecule has 1 aromatic heterocycles. The average molecular weight is 498 g/mol. The number of alkyl halides is 3. The summed E-state index contributed by atoms with van der Waals surface area (Å²) >= 11 is 0. The van der Waals surface area contributed by atoms with Gasteiger partial charge in [-0.2, -0.15) is 13.2 Å². The number of aliphatic hydroxyl groups excluding tert-OH is 1. The second kappa shape index (κ2) is 12.0. The number of likely N-dealkylation sites (N-methyl/N-ethyl adjacent to an activating group) is 1. The van der Waals surface area contributed by atoms with Crippen LogP contribution in [0.25, 0.3) is 0 Å². The second-order valence-corrected chi connectivity index (χ2v) is 9.27. The van der Waals surface area contributed by atoms with Crippen molar-refractivity contribution in [2.24, 2.45) is 0 Å². The number of hydrogen-bond donors (Lipinski definition) is 2. The van der Waals surface area contributed by atoms with Gasteiger partial charge in [-0.05, 0) is 38.6 Å². The Morgan fingerprint density at radius 1 is 1.23 bits per heavy atom. The number of nitrogens with zero attached hydrogens (tertiary/aromatic N) is 4. The van der Waals surface area contributed by atoms with Crippen LogP contribution in [0.2, 0.25) is 0 Å². The summed E-state index contributed by atoms with van der Waals surface area (Å²) in [6, 6.07) is 5.21. The smallest absolute Gasteiger partial charge is 0.416 e. The fraction of sp³-hybridized carbons (Fsp3) is 0.583. The topological polar surface area (TPSA) is 85.1 Å². The Balaban J connectivity index is 1.42. The molecule has 0 spiro atoms. The minimum Gasteiger partial charge on any atom is -0.447 e. The second-order valence-electron chi connectivity index (χ2n) is 9.27. The zero-order valence-corrected chi connectivity index (χ0v) is 20.4. The van der Waals surface area contributed by atoms with Gasteiger partial charge in [0.25, 0.3) is 5.91 Å². The maximum atomic E-state index is 12.8. The van der Waals surface area contributed by atoms with Crippen LogP contribution in [0.1, 0.15) is 41.4 Å². The highest BCUT2D eigenvalue weighted by atomic mass is 19.4. The normalized spacial score (nSPS) is 16.7. The third kappa shape index (κ3) is 8.31. The van der Waals surface area contributed by atoms with E-state index in [-0.39, 0.29) is 12.2 Å². The summed E-state index contributed by atoms with van der Waals surface area (Å²) in [4.78, 5) is 23.1. The fourth-order valence-electron chi connectivity index (χ4n) is 3.84. The minimum atomic E-state index is -4.43. The molecule has 35 heavy (non-hydrogen) atoms. The monoisotopic (exact) mass is 497 g/mol. The van der Waals surface area contributed by atoms with Crippen LogP contribution in [0.3, 0.4) is 0 Å². The molecule has 1 atom stereocenters. The van der Waals surface area contributed by atoms with Crippen LogP contribution in [0.5, 0.6) is 0 Å². The third-order valence-electron chi connectivity index (χ3n) is 6.16. The highest BCUT2D eigenvalue weighted by Crippen LogP contribution is 2.29. The highest BCUT2D eigenvalue weighted by Gasteiger charge is 2.30. The zero-order chi connectivity index (χ0) is 25.6. The summed E-state index contributed by atoms with van der Waals surface area (Å²) in [5.41, 5.74) is -0.329. The summed E-state index contributed by atoms with van der Waals surface area (Å²) in [5.74, 6) is -0.108. The Morgan fingerprint density at radius 2 is 1.91 bits per heavy atom. The van der Waals surface area contributed by atoms with Crippen LogP contribution in [0, 0.1) is 0 Å². The SMILES string of the molecule is CC(C)N(C)C[C@H](O)CN1CCN(Cc2nc(C(=O)NCc3cccc(C(F)(F)F)c3)co2)CC1. The number of β-amino-alcohol motifs (C(OH)–C–C–N with tert-alkyl or cyclic N) is 1. The quantitative estimate of drug-likeness (QED) is 0.522. The number of carbonyl (C=O) groups is 1. The molecule has 0 saturated carbocycles. The van der Waals surface area contributed by atoms with Gasteiger partial charge in [-0.3, -0.25) is 14.6 Å². The number of aliphatic hydroxyl groups is 1. The average Bonchev–Trinajstić information content (AvgIpc) is 3.27. The molecule has 3 rings (SSSR count). The first-order valence-electron chi connectivity index (χ1n) is 11.7. The number of hydrogen-bond acceptors (Lipinski definition) is 7. The summed E-state index contributed by atoms with van der Waals surface area (Å²) in [5, 5.41) is 12.9. The van der Waals surface area contributed by atoms with E-state index in [0.29, 0.717) is 37.1 Å². The van der Waals surface area contributed by atoms with Gasteiger partial charge in [-0.1, -0.05) is 12.1 Å². The minimum absolute atomic E-state index is 0.0499. The van der Waals surface area contributed by atoms with Gasteiger partial charge in [0.1, 0.15) is 6.26 Å². The lowest BCUT2D eigenvalue weighted by atomic mass is 10.1. The van der Waals surface area contributed by atoms with Crippen molar-refractivity contribution in [2.45, 2.75) is 45.3 Å². The maximum absolute atomic E-state index is 12.8. The molecule has 1 fully saturated rings. The molecule has 2 aromatic rings. The predicted octanol–water partition coefficient (Wildman–Crippen LogP) is 2.44. The van der Waals surface area contributed by atoms with Crippen LogP contribution in [0.4, 0.5) is 13.2 Å². The molecule has 0 unspecified atom stereocenters. The Labute approximate surface area is 203 Å². The summed E-state index contributed by atoms with van der Waals surface area (Å²) < 4.78 is 44.0. The lowest BCUT2D eigenvalue weighted by Gasteiger charge is -2.35. The molecule has 194 valence electrons. The Hall–Kier alpha value is -2.47. The van der Waals surface area contributed by atoms with Gasteiger partial charge in [0.2, 0.25) is 5.89 Å². The van der Waals surface area contributed by atoms with Gasteiger partial charge in [0.15, 0.2) is 5.69 Å². The van der Waals surface area contributed by atoms with Crippen molar-refractivity contribution >= 4 is 5.91 Å². The van der Waals surface area contributed by atoms with Gasteiger partial charge >= 0.3 is 6.18 Å². The van der Waals surface area contributed by atoms with E-state index >= 15 is 0 Å². The van der Waals surface area contributed by atoms with Gasteiger partial charge < -0.3 is 19.7 Å². The van der Waals surface area contributed by atoms with Gasteiger partial charge in [0, 0.05) is 51.9 Å². The number of piperazine rings is 1. The molecule has 8 nitrogen and oxygen atoms in total. The van der Waals surface area contributed by atoms with Crippen molar-refractivity contribution in [1.82, 2.24) is 25.0 Å². The van der Waals surface area contributed by atoms with E-state index in [1.165, 1.54) is 18.4 Å². The van der Waals surface area contributed by atoms with E-state index in [0.717, 1.165) is 38.3 Å². The van der Waals surface area contributed by atoms with Gasteiger partial charge in [0.05, 0.1) is 18.2 Å². The summed E-state index contributed by atoms with van der Waals surface area (Å²) in [6.45, 7) is 9.05. The summed E-state index contributed by atoms with van der Waals surface area (Å²) in [7, 11) is 2.00. The lowest BCUT2D eigenvalue weighted by Crippen LogP contribution is -2.49. The van der Waals surface area contributed by atoms with Crippen molar-refractivity contribution in [3.63, 3.8) is 0 Å². The van der Waals surface area contributed by atoms with Crippen molar-refractivity contribution < 1.29 is 27.5 Å². The standard InChI is InChI=1S/C24H34F3N5O3/c1-17(2)30(3)13-20(33)14-31-7-9-32(10-8-31)15-22-29-21(16-35-22)23(34)28-12-18-5-4-6-19(11-18)24(25,26)27/h4-6,11,16-17,20,33H,7-10,12-15H2,1-3H3,(H,28,34)/t20-/m0/s1. The van der Waals surface area contributed by atoms with Crippen LogP contribution in [0.15, 0.2) is 34.9 Å². The Kier molecular flexibility index (Phi) is 9.28. The van der Waals surface area contributed by atoms with Crippen molar-refractivity contribution in [2.75, 3.05) is 46.3 Å². The van der Waals surface area contributed by atoms with Crippen LogP contribution in [-0.2, 0) is 19.3 Å². The number of nitrogens with one attached hydrogen (secondary N) is 1. The van der Waals surface area contributed by atoms with Gasteiger partial charge in [-0.15, -0.1) is 0 Å². The van der Waals surface area contributed by atoms with E-state index in [2.05, 4.69) is 38.8 Å². The van der Waals surface area contributed by atoms with E-state index in [9.17, 15) is 23.1 Å². The lowest BCUT2D eigenvalue weighted by molar-refractivity contribution is -0.137. The van der Waals surface area contributed by atoms with Gasteiger partial charge in [-0.25, -0.2) is 4.98 Å². The van der Waals surface area contributed by atoms with Crippen molar-refractivity contribution in [1.29, 1.82) is 0 Å². The number of benzene rings is 1. The van der Waals surface area contributed by atoms with Crippen LogP contribution in [-0.4, -0.2) is 89.2 Å². The molecule has 0 aliphatic carbocycles. The van der Waals surface area contributed by atoms with Crippen molar-refractivity contribution in [3.8, 4) is 0 Å². The number of halogens is 3. The molecule has 1 aliphatic rings. The van der Waals surface area contributed by atoms with Crippen molar-refractivity contribution in [3.05, 3.63) is 53.2 Å². The van der Waals surface area contributed by atoms with E-state index < -0.39 is 23.8 Å². The first-order valence-corrected chi connectivity index (χ1v) is 11.7. The molecule has 1 amide bonds. The molecule has 1 aliphatic heterocycles. The molecule has 2 heterocycles. The number of carbonyl (C=O) groups excluding carboxylic acids is 1. The maximum Gasteiger partial charge on any atom is 0.416 e. The highest BCUT2D eigenvalue weighted by molar-refractivity contribution is 5.91. The Bertz CT molecular complexity index is 958. The fourth-order valence-corrected chi connectivity index (χ4v) is 3.84. The molecule has 2 N–H and O–H groups in total. The van der Waals surface area contributed by atoms with E-state index in [4.69, 9.17) is 4.42 Å². The number of aromatic nitrogens is 1. The molecule has 1 saturated heterocycles. The largest absolute Gasteiger partial charge is 0.447 e. The predicted molar refractivity (Wildman–Crippen MR) is 125 cm³/mol. The first kappa shape index (κ1) is 27.1. The number of oxazole rings is 1. The van der Waals surface area contributed by atoms with E-state index in [1.807, 2.05) is 7.05 Å². The molecule has 1 aromatic carbocycles. The number of amides is 1. The molecule has 0 radical (unpaired) electrons. The molecular weight excluding hydrogens is 463 g/mol. The van der Waals surface area contributed by atoms with E-state index in [1.54, 1.807) is 0 Å².